The van der Waals surface area contributed by atoms with E-state index in [9.17, 15) is 4.79 Å². The van der Waals surface area contributed by atoms with Crippen LogP contribution in [0.2, 0.25) is 0 Å². The van der Waals surface area contributed by atoms with Gasteiger partial charge in [-0.3, -0.25) is 4.79 Å². The van der Waals surface area contributed by atoms with E-state index in [4.69, 9.17) is 9.47 Å². The topological polar surface area (TPSA) is 86.5 Å². The summed E-state index contributed by atoms with van der Waals surface area (Å²) >= 11 is 0. The summed E-state index contributed by atoms with van der Waals surface area (Å²) in [4.78, 5) is 12.0. The van der Waals surface area contributed by atoms with Crippen molar-refractivity contribution in [3.05, 3.63) is 30.0 Å². The third-order valence-corrected chi connectivity index (χ3v) is 2.70. The molecule has 1 aliphatic rings. The average molecular weight is 261 g/mol. The van der Waals surface area contributed by atoms with Gasteiger partial charge in [0.15, 0.2) is 17.3 Å². The van der Waals surface area contributed by atoms with Crippen molar-refractivity contribution >= 4 is 11.7 Å². The molecule has 0 aliphatic carbocycles. The summed E-state index contributed by atoms with van der Waals surface area (Å²) in [7, 11) is 0. The van der Waals surface area contributed by atoms with Gasteiger partial charge in [-0.25, -0.2) is 4.63 Å². The lowest BCUT2D eigenvalue weighted by atomic mass is 10.2. The number of amides is 1. The maximum absolute atomic E-state index is 12.0. The Morgan fingerprint density at radius 1 is 1.32 bits per heavy atom. The van der Waals surface area contributed by atoms with Crippen LogP contribution in [0.4, 0.5) is 5.82 Å². The number of nitrogens with zero attached hydrogens (tertiary/aromatic N) is 2. The van der Waals surface area contributed by atoms with Gasteiger partial charge in [-0.05, 0) is 24.2 Å². The first kappa shape index (κ1) is 11.5. The first-order valence-electron chi connectivity index (χ1n) is 5.72. The van der Waals surface area contributed by atoms with Crippen molar-refractivity contribution < 1.29 is 18.9 Å². The quantitative estimate of drug-likeness (QED) is 0.872. The third-order valence-electron chi connectivity index (χ3n) is 2.70. The van der Waals surface area contributed by atoms with Crippen molar-refractivity contribution in [1.29, 1.82) is 0 Å². The molecular formula is C12H11N3O4. The Hall–Kier alpha value is -2.57. The second-order valence-corrected chi connectivity index (χ2v) is 4.05. The molecule has 0 saturated carbocycles. The van der Waals surface area contributed by atoms with Crippen LogP contribution in [0.5, 0.6) is 11.5 Å². The number of fused-ring (bicyclic) bond motifs is 1. The van der Waals surface area contributed by atoms with Gasteiger partial charge in [0.2, 0.25) is 6.10 Å². The fourth-order valence-electron chi connectivity index (χ4n) is 1.69. The molecular weight excluding hydrogens is 250 g/mol. The van der Waals surface area contributed by atoms with Crippen molar-refractivity contribution in [2.45, 2.75) is 13.0 Å². The standard InChI is InChI=1S/C12H11N3O4/c1-7-11(15-19-14-7)13-12(16)10-6-17-8-4-2-3-5-9(8)18-10/h2-5,10H,6H2,1H3,(H,13,15,16)/t10-/m1/s1. The van der Waals surface area contributed by atoms with Crippen molar-refractivity contribution in [1.82, 2.24) is 10.3 Å². The van der Waals surface area contributed by atoms with E-state index in [1.807, 2.05) is 12.1 Å². The number of aryl methyl sites for hydroxylation is 1. The molecule has 1 amide bonds. The predicted molar refractivity (Wildman–Crippen MR) is 64.0 cm³/mol. The Morgan fingerprint density at radius 3 is 2.84 bits per heavy atom. The van der Waals surface area contributed by atoms with Crippen LogP contribution < -0.4 is 14.8 Å². The van der Waals surface area contributed by atoms with Crippen LogP contribution >= 0.6 is 0 Å². The SMILES string of the molecule is Cc1nonc1NC(=O)[C@H]1COc2ccccc2O1. The maximum atomic E-state index is 12.0. The number of anilines is 1. The number of hydrogen-bond acceptors (Lipinski definition) is 6. The smallest absolute Gasteiger partial charge is 0.270 e. The Labute approximate surface area is 108 Å². The highest BCUT2D eigenvalue weighted by molar-refractivity contribution is 5.94. The number of carbonyl (C=O) groups is 1. The lowest BCUT2D eigenvalue weighted by Crippen LogP contribution is -2.40. The van der Waals surface area contributed by atoms with Gasteiger partial charge >= 0.3 is 0 Å². The van der Waals surface area contributed by atoms with Crippen molar-refractivity contribution in [3.8, 4) is 11.5 Å². The molecule has 1 N–H and O–H groups in total. The van der Waals surface area contributed by atoms with E-state index in [1.165, 1.54) is 0 Å². The highest BCUT2D eigenvalue weighted by Gasteiger charge is 2.28. The number of benzene rings is 1. The van der Waals surface area contributed by atoms with E-state index in [1.54, 1.807) is 19.1 Å². The Morgan fingerprint density at radius 2 is 2.11 bits per heavy atom. The van der Waals surface area contributed by atoms with Crippen molar-refractivity contribution in [3.63, 3.8) is 0 Å². The van der Waals surface area contributed by atoms with Gasteiger partial charge in [0.05, 0.1) is 0 Å². The van der Waals surface area contributed by atoms with E-state index < -0.39 is 6.10 Å². The Kier molecular flexibility index (Phi) is 2.79. The summed E-state index contributed by atoms with van der Waals surface area (Å²) in [5.41, 5.74) is 0.505. The minimum absolute atomic E-state index is 0.146. The summed E-state index contributed by atoms with van der Waals surface area (Å²) in [5, 5.41) is 9.74. The predicted octanol–water partition coefficient (Wildman–Crippen LogP) is 1.16. The Bertz CT molecular complexity index is 611. The number of hydrogen-bond donors (Lipinski definition) is 1. The van der Waals surface area contributed by atoms with Gasteiger partial charge < -0.3 is 14.8 Å². The molecule has 1 aromatic carbocycles. The number of carbonyl (C=O) groups excluding carboxylic acids is 1. The van der Waals surface area contributed by atoms with Crippen LogP contribution in [0.15, 0.2) is 28.9 Å². The molecule has 19 heavy (non-hydrogen) atoms. The van der Waals surface area contributed by atoms with E-state index in [0.717, 1.165) is 0 Å². The minimum Gasteiger partial charge on any atom is -0.485 e. The molecule has 1 aliphatic heterocycles. The number of ether oxygens (including phenoxy) is 2. The summed E-state index contributed by atoms with van der Waals surface area (Å²) < 4.78 is 15.5. The molecule has 2 aromatic rings. The number of aromatic nitrogens is 2. The van der Waals surface area contributed by atoms with Gasteiger partial charge in [-0.2, -0.15) is 0 Å². The lowest BCUT2D eigenvalue weighted by Gasteiger charge is -2.25. The van der Waals surface area contributed by atoms with Crippen LogP contribution in [-0.4, -0.2) is 28.9 Å². The van der Waals surface area contributed by atoms with Crippen LogP contribution in [0.3, 0.4) is 0 Å². The van der Waals surface area contributed by atoms with Crippen molar-refractivity contribution in [2.75, 3.05) is 11.9 Å². The second kappa shape index (κ2) is 4.60. The molecule has 0 unspecified atom stereocenters. The average Bonchev–Trinajstić information content (AvgIpc) is 2.84. The summed E-state index contributed by atoms with van der Waals surface area (Å²) in [6.45, 7) is 1.83. The highest BCUT2D eigenvalue weighted by atomic mass is 16.6. The molecule has 0 spiro atoms. The largest absolute Gasteiger partial charge is 0.485 e. The third kappa shape index (κ3) is 2.22. The molecule has 0 fully saturated rings. The zero-order valence-corrected chi connectivity index (χ0v) is 10.1. The Balaban J connectivity index is 1.71. The number of rotatable bonds is 2. The normalized spacial score (nSPS) is 17.0. The van der Waals surface area contributed by atoms with Gasteiger partial charge in [0, 0.05) is 0 Å². The second-order valence-electron chi connectivity index (χ2n) is 4.05. The van der Waals surface area contributed by atoms with Crippen LogP contribution in [0, 0.1) is 6.92 Å². The van der Waals surface area contributed by atoms with Gasteiger partial charge in [-0.15, -0.1) is 0 Å². The molecule has 7 heteroatoms. The monoisotopic (exact) mass is 261 g/mol. The fraction of sp³-hybridized carbons (Fsp3) is 0.250. The van der Waals surface area contributed by atoms with Crippen LogP contribution in [0.25, 0.3) is 0 Å². The molecule has 3 rings (SSSR count). The number of nitrogens with one attached hydrogen (secondary N) is 1. The molecule has 2 heterocycles. The lowest BCUT2D eigenvalue weighted by molar-refractivity contribution is -0.125. The summed E-state index contributed by atoms with van der Waals surface area (Å²) in [5.74, 6) is 1.11. The molecule has 7 nitrogen and oxygen atoms in total. The van der Waals surface area contributed by atoms with Crippen LogP contribution in [-0.2, 0) is 4.79 Å². The van der Waals surface area contributed by atoms with E-state index in [-0.39, 0.29) is 18.3 Å². The number of para-hydroxylation sites is 2. The molecule has 0 bridgehead atoms. The van der Waals surface area contributed by atoms with Crippen LogP contribution in [0.1, 0.15) is 5.69 Å². The first-order valence-corrected chi connectivity index (χ1v) is 5.72. The first-order chi connectivity index (χ1) is 9.24. The van der Waals surface area contributed by atoms with Crippen molar-refractivity contribution in [2.24, 2.45) is 0 Å². The molecule has 0 saturated heterocycles. The highest BCUT2D eigenvalue weighted by Crippen LogP contribution is 2.31. The van der Waals surface area contributed by atoms with Gasteiger partial charge in [0.25, 0.3) is 5.91 Å². The summed E-state index contributed by atoms with van der Waals surface area (Å²) in [6, 6.07) is 7.19. The van der Waals surface area contributed by atoms with E-state index in [2.05, 4.69) is 20.3 Å². The van der Waals surface area contributed by atoms with Gasteiger partial charge in [-0.1, -0.05) is 17.3 Å². The maximum Gasteiger partial charge on any atom is 0.270 e. The zero-order chi connectivity index (χ0) is 13.2. The van der Waals surface area contributed by atoms with Gasteiger partial charge in [0.1, 0.15) is 12.3 Å². The van der Waals surface area contributed by atoms with E-state index >= 15 is 0 Å². The zero-order valence-electron chi connectivity index (χ0n) is 10.1. The molecule has 0 radical (unpaired) electrons. The summed E-state index contributed by atoms with van der Waals surface area (Å²) in [6.07, 6.45) is -0.731. The van der Waals surface area contributed by atoms with E-state index in [0.29, 0.717) is 17.2 Å². The fourth-order valence-corrected chi connectivity index (χ4v) is 1.69. The molecule has 98 valence electrons. The minimum atomic E-state index is -0.731. The molecule has 1 atom stereocenters. The molecule has 1 aromatic heterocycles.